The first-order valence-electron chi connectivity index (χ1n) is 7.93. The zero-order valence-electron chi connectivity index (χ0n) is 14.5. The van der Waals surface area contributed by atoms with E-state index in [4.69, 9.17) is 0 Å². The van der Waals surface area contributed by atoms with Crippen molar-refractivity contribution < 1.29 is 17.2 Å². The number of anilines is 1. The number of hydrogen-bond acceptors (Lipinski definition) is 3. The zero-order chi connectivity index (χ0) is 19.8. The second-order valence-corrected chi connectivity index (χ2v) is 8.50. The highest BCUT2D eigenvalue weighted by molar-refractivity contribution is 9.10. The minimum Gasteiger partial charge on any atom is -0.280 e. The molecule has 0 unspecified atom stereocenters. The monoisotopic (exact) mass is 455 g/mol. The molecule has 1 aromatic heterocycles. The van der Waals surface area contributed by atoms with Gasteiger partial charge in [-0.05, 0) is 65.7 Å². The van der Waals surface area contributed by atoms with E-state index in [1.54, 1.807) is 18.2 Å². The zero-order valence-corrected chi connectivity index (χ0v) is 16.9. The van der Waals surface area contributed by atoms with Gasteiger partial charge in [0.2, 0.25) is 0 Å². The molecule has 0 saturated heterocycles. The molecule has 0 aliphatic rings. The van der Waals surface area contributed by atoms with E-state index in [1.165, 1.54) is 0 Å². The Labute approximate surface area is 164 Å². The average molecular weight is 456 g/mol. The molecule has 0 spiro atoms. The van der Waals surface area contributed by atoms with Crippen molar-refractivity contribution in [3.05, 3.63) is 75.5 Å². The van der Waals surface area contributed by atoms with Crippen LogP contribution in [0.25, 0.3) is 0 Å². The van der Waals surface area contributed by atoms with Crippen molar-refractivity contribution >= 4 is 31.6 Å². The number of rotatable bonds is 5. The fraction of sp³-hybridized carbons (Fsp3) is 0.167. The summed E-state index contributed by atoms with van der Waals surface area (Å²) in [5, 5.41) is 4.43. The molecule has 3 rings (SSSR count). The number of nitrogens with one attached hydrogen (secondary N) is 1. The van der Waals surface area contributed by atoms with Gasteiger partial charge in [-0.1, -0.05) is 12.1 Å². The molecule has 27 heavy (non-hydrogen) atoms. The van der Waals surface area contributed by atoms with Crippen molar-refractivity contribution in [1.29, 1.82) is 0 Å². The second kappa shape index (κ2) is 7.40. The van der Waals surface area contributed by atoms with E-state index in [9.17, 15) is 17.2 Å². The Morgan fingerprint density at radius 1 is 1.11 bits per heavy atom. The fourth-order valence-electron chi connectivity index (χ4n) is 2.59. The van der Waals surface area contributed by atoms with E-state index >= 15 is 0 Å². The van der Waals surface area contributed by atoms with Crippen LogP contribution >= 0.6 is 15.9 Å². The van der Waals surface area contributed by atoms with E-state index in [2.05, 4.69) is 25.8 Å². The Balaban J connectivity index is 1.84. The summed E-state index contributed by atoms with van der Waals surface area (Å²) in [6.07, 6.45) is 0. The SMILES string of the molecule is Cc1nn(Cc2cccc(NS(=O)(=O)c3ccc(F)c(F)c3)c2)c(C)c1Br. The lowest BCUT2D eigenvalue weighted by molar-refractivity contribution is 0.504. The fourth-order valence-corrected chi connectivity index (χ4v) is 3.94. The molecule has 2 aromatic carbocycles. The van der Waals surface area contributed by atoms with Crippen molar-refractivity contribution in [3.63, 3.8) is 0 Å². The summed E-state index contributed by atoms with van der Waals surface area (Å²) in [6.45, 7) is 4.28. The molecule has 0 bridgehead atoms. The smallest absolute Gasteiger partial charge is 0.261 e. The standard InChI is InChI=1S/C18H16BrF2N3O2S/c1-11-18(19)12(2)24(22-11)10-13-4-3-5-14(8-13)23-27(25,26)15-6-7-16(20)17(21)9-15/h3-9,23H,10H2,1-2H3. The first-order chi connectivity index (χ1) is 12.7. The van der Waals surface area contributed by atoms with Crippen molar-refractivity contribution in [3.8, 4) is 0 Å². The number of benzene rings is 2. The lowest BCUT2D eigenvalue weighted by Gasteiger charge is -2.11. The van der Waals surface area contributed by atoms with Gasteiger partial charge in [0.05, 0.1) is 27.3 Å². The predicted molar refractivity (Wildman–Crippen MR) is 102 cm³/mol. The summed E-state index contributed by atoms with van der Waals surface area (Å²) in [5.74, 6) is -2.33. The highest BCUT2D eigenvalue weighted by atomic mass is 79.9. The molecule has 0 fully saturated rings. The Bertz CT molecular complexity index is 1110. The molecule has 0 amide bonds. The van der Waals surface area contributed by atoms with E-state index in [-0.39, 0.29) is 4.90 Å². The topological polar surface area (TPSA) is 64.0 Å². The van der Waals surface area contributed by atoms with Gasteiger partial charge in [-0.15, -0.1) is 0 Å². The molecule has 9 heteroatoms. The number of aryl methyl sites for hydroxylation is 1. The average Bonchev–Trinajstić information content (AvgIpc) is 2.84. The molecular weight excluding hydrogens is 440 g/mol. The van der Waals surface area contributed by atoms with Crippen LogP contribution < -0.4 is 4.72 Å². The molecule has 1 heterocycles. The third-order valence-electron chi connectivity index (χ3n) is 4.01. The normalized spacial score (nSPS) is 11.6. The number of hydrogen-bond donors (Lipinski definition) is 1. The van der Waals surface area contributed by atoms with Gasteiger partial charge >= 0.3 is 0 Å². The van der Waals surface area contributed by atoms with Crippen LogP contribution in [0.15, 0.2) is 51.8 Å². The first-order valence-corrected chi connectivity index (χ1v) is 10.2. The van der Waals surface area contributed by atoms with Gasteiger partial charge in [0, 0.05) is 5.69 Å². The Kier molecular flexibility index (Phi) is 5.34. The van der Waals surface area contributed by atoms with Crippen LogP contribution in [0.3, 0.4) is 0 Å². The number of halogens is 3. The molecule has 5 nitrogen and oxygen atoms in total. The lowest BCUT2D eigenvalue weighted by Crippen LogP contribution is -2.14. The summed E-state index contributed by atoms with van der Waals surface area (Å²) in [5.41, 5.74) is 2.97. The maximum absolute atomic E-state index is 13.3. The molecule has 3 aromatic rings. The summed E-state index contributed by atoms with van der Waals surface area (Å²) < 4.78 is 56.3. The van der Waals surface area contributed by atoms with Gasteiger partial charge in [-0.25, -0.2) is 17.2 Å². The maximum atomic E-state index is 13.3. The molecular formula is C18H16BrF2N3O2S. The van der Waals surface area contributed by atoms with Gasteiger partial charge < -0.3 is 0 Å². The van der Waals surface area contributed by atoms with Crippen molar-refractivity contribution in [2.24, 2.45) is 0 Å². The summed E-state index contributed by atoms with van der Waals surface area (Å²) in [7, 11) is -4.04. The van der Waals surface area contributed by atoms with Crippen LogP contribution in [0.5, 0.6) is 0 Å². The van der Waals surface area contributed by atoms with Crippen molar-refractivity contribution in [2.75, 3.05) is 4.72 Å². The van der Waals surface area contributed by atoms with Crippen LogP contribution in [-0.2, 0) is 16.6 Å². The molecule has 142 valence electrons. The largest absolute Gasteiger partial charge is 0.280 e. The van der Waals surface area contributed by atoms with Gasteiger partial charge in [0.15, 0.2) is 11.6 Å². The minimum absolute atomic E-state index is 0.317. The summed E-state index contributed by atoms with van der Waals surface area (Å²) in [4.78, 5) is -0.353. The van der Waals surface area contributed by atoms with Crippen LogP contribution in [-0.4, -0.2) is 18.2 Å². The summed E-state index contributed by atoms with van der Waals surface area (Å²) >= 11 is 3.47. The molecule has 0 radical (unpaired) electrons. The van der Waals surface area contributed by atoms with E-state index in [0.29, 0.717) is 18.3 Å². The molecule has 0 aliphatic heterocycles. The predicted octanol–water partition coefficient (Wildman–Crippen LogP) is 4.39. The Morgan fingerprint density at radius 3 is 2.48 bits per heavy atom. The Morgan fingerprint density at radius 2 is 1.85 bits per heavy atom. The Hall–Kier alpha value is -2.26. The number of aromatic nitrogens is 2. The molecule has 0 aliphatic carbocycles. The van der Waals surface area contributed by atoms with Gasteiger partial charge in [0.25, 0.3) is 10.0 Å². The molecule has 0 saturated carbocycles. The quantitative estimate of drug-likeness (QED) is 0.620. The highest BCUT2D eigenvalue weighted by Crippen LogP contribution is 2.22. The van der Waals surface area contributed by atoms with Crippen molar-refractivity contribution in [2.45, 2.75) is 25.3 Å². The van der Waals surface area contributed by atoms with Crippen LogP contribution in [0.2, 0.25) is 0 Å². The van der Waals surface area contributed by atoms with E-state index in [0.717, 1.165) is 33.6 Å². The van der Waals surface area contributed by atoms with E-state index in [1.807, 2.05) is 24.6 Å². The van der Waals surface area contributed by atoms with Crippen LogP contribution in [0.1, 0.15) is 17.0 Å². The summed E-state index contributed by atoms with van der Waals surface area (Å²) in [6, 6.07) is 9.24. The first kappa shape index (κ1) is 19.5. The van der Waals surface area contributed by atoms with Gasteiger partial charge in [-0.3, -0.25) is 9.40 Å². The molecule has 1 N–H and O–H groups in total. The van der Waals surface area contributed by atoms with Crippen LogP contribution in [0.4, 0.5) is 14.5 Å². The van der Waals surface area contributed by atoms with Crippen LogP contribution in [0, 0.1) is 25.5 Å². The van der Waals surface area contributed by atoms with Gasteiger partial charge in [-0.2, -0.15) is 5.10 Å². The van der Waals surface area contributed by atoms with E-state index < -0.39 is 21.7 Å². The molecule has 0 atom stereocenters. The number of nitrogens with zero attached hydrogens (tertiary/aromatic N) is 2. The third-order valence-corrected chi connectivity index (χ3v) is 6.53. The minimum atomic E-state index is -4.04. The lowest BCUT2D eigenvalue weighted by atomic mass is 10.2. The van der Waals surface area contributed by atoms with Gasteiger partial charge in [0.1, 0.15) is 0 Å². The number of sulfonamides is 1. The maximum Gasteiger partial charge on any atom is 0.261 e. The second-order valence-electron chi connectivity index (χ2n) is 6.02. The highest BCUT2D eigenvalue weighted by Gasteiger charge is 2.17. The third kappa shape index (κ3) is 4.19. The van der Waals surface area contributed by atoms with Crippen molar-refractivity contribution in [1.82, 2.24) is 9.78 Å².